The van der Waals surface area contributed by atoms with Crippen LogP contribution in [0, 0.1) is 17.3 Å². The highest BCUT2D eigenvalue weighted by molar-refractivity contribution is 5.97. The average Bonchev–Trinajstić information content (AvgIpc) is 2.88. The summed E-state index contributed by atoms with van der Waals surface area (Å²) in [5.41, 5.74) is 3.30. The minimum absolute atomic E-state index is 0.0634. The number of fused-ring (bicyclic) bond motifs is 5. The molecule has 1 aromatic carbocycles. The van der Waals surface area contributed by atoms with E-state index in [0.717, 1.165) is 38.5 Å². The van der Waals surface area contributed by atoms with E-state index in [1.165, 1.54) is 11.1 Å². The van der Waals surface area contributed by atoms with Crippen LogP contribution in [0.5, 0.6) is 5.75 Å². The molecule has 1 aromatic rings. The molecule has 0 radical (unpaired) electrons. The van der Waals surface area contributed by atoms with Gasteiger partial charge in [0.25, 0.3) is 0 Å². The van der Waals surface area contributed by atoms with Crippen LogP contribution in [0.3, 0.4) is 0 Å². The summed E-state index contributed by atoms with van der Waals surface area (Å²) in [7, 11) is 1.63. The normalized spacial score (nSPS) is 34.3. The number of aryl methyl sites for hydroxylation is 1. The maximum atomic E-state index is 12.4. The number of benzene rings is 1. The van der Waals surface area contributed by atoms with Crippen LogP contribution in [-0.4, -0.2) is 18.7 Å². The molecule has 3 aliphatic carbocycles. The van der Waals surface area contributed by atoms with Crippen LogP contribution in [0.1, 0.15) is 73.4 Å². The van der Waals surface area contributed by atoms with Crippen molar-refractivity contribution in [2.24, 2.45) is 17.3 Å². The molecule has 4 atom stereocenters. The molecule has 4 rings (SSSR count). The molecule has 0 spiro atoms. The minimum atomic E-state index is -0.0887. The number of ether oxygens (including phenoxy) is 1. The van der Waals surface area contributed by atoms with Crippen LogP contribution in [-0.2, 0) is 11.2 Å². The van der Waals surface area contributed by atoms with E-state index in [1.54, 1.807) is 14.0 Å². The first-order valence-electron chi connectivity index (χ1n) is 9.20. The number of rotatable bonds is 2. The molecule has 0 amide bonds. The van der Waals surface area contributed by atoms with Gasteiger partial charge in [0.1, 0.15) is 11.5 Å². The summed E-state index contributed by atoms with van der Waals surface area (Å²) in [6, 6.07) is 4.17. The predicted molar refractivity (Wildman–Crippen MR) is 92.6 cm³/mol. The largest absolute Gasteiger partial charge is 0.496 e. The van der Waals surface area contributed by atoms with E-state index < -0.39 is 0 Å². The van der Waals surface area contributed by atoms with Gasteiger partial charge in [-0.05, 0) is 80.0 Å². The first-order chi connectivity index (χ1) is 11.5. The number of carbonyl (C=O) groups excluding carboxylic acids is 2. The molecule has 0 aliphatic heterocycles. The Balaban J connectivity index is 1.76. The number of hydrogen-bond donors (Lipinski definition) is 0. The molecular formula is C21H26O3. The molecule has 0 unspecified atom stereocenters. The third-order valence-electron chi connectivity index (χ3n) is 7.13. The fourth-order valence-corrected chi connectivity index (χ4v) is 5.81. The van der Waals surface area contributed by atoms with E-state index in [1.807, 2.05) is 0 Å². The zero-order valence-electron chi connectivity index (χ0n) is 14.9. The van der Waals surface area contributed by atoms with Crippen LogP contribution in [0.15, 0.2) is 12.1 Å². The third kappa shape index (κ3) is 2.09. The van der Waals surface area contributed by atoms with Crippen molar-refractivity contribution in [2.45, 2.75) is 58.3 Å². The Labute approximate surface area is 143 Å². The lowest BCUT2D eigenvalue weighted by Crippen LogP contribution is -2.42. The quantitative estimate of drug-likeness (QED) is 0.760. The molecule has 2 saturated carbocycles. The van der Waals surface area contributed by atoms with Gasteiger partial charge in [-0.25, -0.2) is 0 Å². The second-order valence-electron chi connectivity index (χ2n) is 8.14. The molecular weight excluding hydrogens is 300 g/mol. The van der Waals surface area contributed by atoms with Crippen LogP contribution in [0.4, 0.5) is 0 Å². The SMILES string of the molecule is COc1cc2c(cc1C(C)=O)[C@H]1CC[C@]3(C)C(=O)CC[C@H]3[C@@H]1CC2. The number of Topliss-reactive ketones (excluding diaryl/α,β-unsaturated/α-hetero) is 2. The third-order valence-corrected chi connectivity index (χ3v) is 7.13. The maximum absolute atomic E-state index is 12.4. The topological polar surface area (TPSA) is 43.4 Å². The van der Waals surface area contributed by atoms with E-state index >= 15 is 0 Å². The second kappa shape index (κ2) is 5.44. The number of carbonyl (C=O) groups is 2. The van der Waals surface area contributed by atoms with Gasteiger partial charge in [0.05, 0.1) is 12.7 Å². The summed E-state index contributed by atoms with van der Waals surface area (Å²) < 4.78 is 5.44. The van der Waals surface area contributed by atoms with Gasteiger partial charge in [-0.3, -0.25) is 9.59 Å². The zero-order valence-corrected chi connectivity index (χ0v) is 14.9. The molecule has 3 aliphatic rings. The number of methoxy groups -OCH3 is 1. The monoisotopic (exact) mass is 326 g/mol. The fourth-order valence-electron chi connectivity index (χ4n) is 5.81. The first kappa shape index (κ1) is 15.9. The molecule has 3 heteroatoms. The molecule has 2 fully saturated rings. The van der Waals surface area contributed by atoms with E-state index in [4.69, 9.17) is 4.74 Å². The van der Waals surface area contributed by atoms with E-state index in [0.29, 0.717) is 34.8 Å². The van der Waals surface area contributed by atoms with Gasteiger partial charge >= 0.3 is 0 Å². The van der Waals surface area contributed by atoms with Crippen molar-refractivity contribution in [3.8, 4) is 5.75 Å². The van der Waals surface area contributed by atoms with Gasteiger partial charge in [0.2, 0.25) is 0 Å². The lowest BCUT2D eigenvalue weighted by atomic mass is 9.55. The van der Waals surface area contributed by atoms with Crippen molar-refractivity contribution in [2.75, 3.05) is 7.11 Å². The summed E-state index contributed by atoms with van der Waals surface area (Å²) in [5.74, 6) is 2.87. The highest BCUT2D eigenvalue weighted by Gasteiger charge is 2.54. The summed E-state index contributed by atoms with van der Waals surface area (Å²) in [4.78, 5) is 24.4. The molecule has 0 heterocycles. The zero-order chi connectivity index (χ0) is 17.1. The summed E-state index contributed by atoms with van der Waals surface area (Å²) in [6.07, 6.45) is 6.08. The summed E-state index contributed by atoms with van der Waals surface area (Å²) >= 11 is 0. The van der Waals surface area contributed by atoms with Crippen molar-refractivity contribution in [1.29, 1.82) is 0 Å². The average molecular weight is 326 g/mol. The smallest absolute Gasteiger partial charge is 0.163 e. The molecule has 0 bridgehead atoms. The molecule has 0 saturated heterocycles. The fraction of sp³-hybridized carbons (Fsp3) is 0.619. The molecule has 0 N–H and O–H groups in total. The van der Waals surface area contributed by atoms with Crippen LogP contribution >= 0.6 is 0 Å². The highest BCUT2D eigenvalue weighted by Crippen LogP contribution is 2.59. The maximum Gasteiger partial charge on any atom is 0.163 e. The minimum Gasteiger partial charge on any atom is -0.496 e. The van der Waals surface area contributed by atoms with Crippen molar-refractivity contribution in [3.63, 3.8) is 0 Å². The molecule has 24 heavy (non-hydrogen) atoms. The van der Waals surface area contributed by atoms with Crippen LogP contribution in [0.25, 0.3) is 0 Å². The van der Waals surface area contributed by atoms with Gasteiger partial charge in [0.15, 0.2) is 5.78 Å². The van der Waals surface area contributed by atoms with Crippen molar-refractivity contribution < 1.29 is 14.3 Å². The Hall–Kier alpha value is -1.64. The highest BCUT2D eigenvalue weighted by atomic mass is 16.5. The van der Waals surface area contributed by atoms with Crippen LogP contribution in [0.2, 0.25) is 0 Å². The first-order valence-corrected chi connectivity index (χ1v) is 9.20. The summed E-state index contributed by atoms with van der Waals surface area (Å²) in [6.45, 7) is 3.81. The molecule has 128 valence electrons. The number of hydrogen-bond acceptors (Lipinski definition) is 3. The lowest BCUT2D eigenvalue weighted by molar-refractivity contribution is -0.129. The van der Waals surface area contributed by atoms with E-state index in [-0.39, 0.29) is 11.2 Å². The molecule has 0 aromatic heterocycles. The van der Waals surface area contributed by atoms with Crippen molar-refractivity contribution >= 4 is 11.6 Å². The van der Waals surface area contributed by atoms with Crippen molar-refractivity contribution in [3.05, 3.63) is 28.8 Å². The van der Waals surface area contributed by atoms with E-state index in [2.05, 4.69) is 19.1 Å². The van der Waals surface area contributed by atoms with Gasteiger partial charge in [-0.2, -0.15) is 0 Å². The Morgan fingerprint density at radius 2 is 2.00 bits per heavy atom. The van der Waals surface area contributed by atoms with E-state index in [9.17, 15) is 9.59 Å². The van der Waals surface area contributed by atoms with Gasteiger partial charge < -0.3 is 4.74 Å². The summed E-state index contributed by atoms with van der Waals surface area (Å²) in [5, 5.41) is 0. The Morgan fingerprint density at radius 3 is 2.71 bits per heavy atom. The Kier molecular flexibility index (Phi) is 3.59. The Bertz CT molecular complexity index is 720. The number of ketones is 2. The second-order valence-corrected chi connectivity index (χ2v) is 8.14. The van der Waals surface area contributed by atoms with Gasteiger partial charge in [-0.15, -0.1) is 0 Å². The molecule has 3 nitrogen and oxygen atoms in total. The van der Waals surface area contributed by atoms with Crippen LogP contribution < -0.4 is 4.74 Å². The van der Waals surface area contributed by atoms with Gasteiger partial charge in [-0.1, -0.05) is 6.92 Å². The lowest BCUT2D eigenvalue weighted by Gasteiger charge is -2.48. The Morgan fingerprint density at radius 1 is 1.21 bits per heavy atom. The van der Waals surface area contributed by atoms with Gasteiger partial charge in [0, 0.05) is 11.8 Å². The predicted octanol–water partition coefficient (Wildman–Crippen LogP) is 4.32. The van der Waals surface area contributed by atoms with Crippen molar-refractivity contribution in [1.82, 2.24) is 0 Å². The standard InChI is InChI=1S/C21H26O3/c1-12(22)16-11-17-13(10-19(16)24-3)4-5-15-14(17)8-9-21(2)18(15)6-7-20(21)23/h10-11,14-15,18H,4-9H2,1-3H3/t14-,15+,18-,21-/m0/s1.